The zero-order chi connectivity index (χ0) is 19.3. The first-order valence-electron chi connectivity index (χ1n) is 8.74. The summed E-state index contributed by atoms with van der Waals surface area (Å²) in [5.74, 6) is 1.62. The van der Waals surface area contributed by atoms with Crippen molar-refractivity contribution in [2.24, 2.45) is 0 Å². The van der Waals surface area contributed by atoms with Crippen molar-refractivity contribution in [3.05, 3.63) is 78.8 Å². The fraction of sp³-hybridized carbons (Fsp3) is 0.100. The number of hydrogen-bond acceptors (Lipinski definition) is 6. The molecule has 0 spiro atoms. The summed E-state index contributed by atoms with van der Waals surface area (Å²) in [6.45, 7) is 2.00. The van der Waals surface area contributed by atoms with Crippen LogP contribution in [0.4, 0.5) is 21.8 Å². The summed E-state index contributed by atoms with van der Waals surface area (Å²) in [6.07, 6.45) is 8.40. The summed E-state index contributed by atoms with van der Waals surface area (Å²) in [4.78, 5) is 12.9. The zero-order valence-electron chi connectivity index (χ0n) is 15.1. The molecule has 0 aliphatic rings. The minimum atomic E-state index is -0.258. The van der Waals surface area contributed by atoms with Gasteiger partial charge < -0.3 is 10.6 Å². The van der Waals surface area contributed by atoms with Gasteiger partial charge >= 0.3 is 0 Å². The third-order valence-electron chi connectivity index (χ3n) is 4.21. The molecule has 1 atom stereocenters. The van der Waals surface area contributed by atoms with E-state index in [0.717, 1.165) is 16.7 Å². The topological polar surface area (TPSA) is 91.4 Å². The molecule has 140 valence electrons. The summed E-state index contributed by atoms with van der Waals surface area (Å²) in [6, 6.07) is 10.2. The summed E-state index contributed by atoms with van der Waals surface area (Å²) in [5.41, 5.74) is 2.83. The number of benzene rings is 1. The number of hydrogen-bond donors (Lipinski definition) is 3. The Labute approximate surface area is 161 Å². The van der Waals surface area contributed by atoms with E-state index in [-0.39, 0.29) is 11.9 Å². The van der Waals surface area contributed by atoms with Crippen LogP contribution < -0.4 is 10.6 Å². The van der Waals surface area contributed by atoms with Gasteiger partial charge in [0.15, 0.2) is 0 Å². The normalized spacial score (nSPS) is 11.8. The summed E-state index contributed by atoms with van der Waals surface area (Å²) in [5, 5.41) is 13.4. The first-order valence-corrected chi connectivity index (χ1v) is 8.74. The lowest BCUT2D eigenvalue weighted by molar-refractivity contribution is 0.626. The number of nitrogens with zero attached hydrogens (tertiary/aromatic N) is 4. The van der Waals surface area contributed by atoms with E-state index in [1.807, 2.05) is 25.3 Å². The van der Waals surface area contributed by atoms with Gasteiger partial charge in [0.05, 0.1) is 12.4 Å². The van der Waals surface area contributed by atoms with E-state index in [2.05, 4.69) is 35.8 Å². The molecule has 0 saturated heterocycles. The highest BCUT2D eigenvalue weighted by Crippen LogP contribution is 2.27. The minimum absolute atomic E-state index is 0.0583. The van der Waals surface area contributed by atoms with Crippen LogP contribution in [-0.2, 0) is 0 Å². The summed E-state index contributed by atoms with van der Waals surface area (Å²) < 4.78 is 13.2. The molecule has 0 amide bonds. The van der Waals surface area contributed by atoms with Crippen molar-refractivity contribution in [3.63, 3.8) is 0 Å². The van der Waals surface area contributed by atoms with Gasteiger partial charge in [-0.2, -0.15) is 5.10 Å². The molecule has 4 aromatic rings. The van der Waals surface area contributed by atoms with Gasteiger partial charge in [-0.3, -0.25) is 10.1 Å². The molecule has 4 rings (SSSR count). The van der Waals surface area contributed by atoms with E-state index < -0.39 is 0 Å². The second kappa shape index (κ2) is 7.83. The number of halogens is 1. The van der Waals surface area contributed by atoms with E-state index in [9.17, 15) is 4.39 Å². The van der Waals surface area contributed by atoms with Crippen molar-refractivity contribution < 1.29 is 4.39 Å². The molecule has 0 fully saturated rings. The Morgan fingerprint density at radius 1 is 0.964 bits per heavy atom. The second-order valence-electron chi connectivity index (χ2n) is 6.25. The SMILES string of the molecule is C[C@H](Nc1cc(-c2cn[nH]c2)cc(Nc2cnccn2)n1)c1ccc(F)cc1. The molecule has 8 heteroatoms. The Kier molecular flexibility index (Phi) is 4.92. The van der Waals surface area contributed by atoms with Crippen LogP contribution in [0.1, 0.15) is 18.5 Å². The molecule has 3 N–H and O–H groups in total. The number of anilines is 3. The van der Waals surface area contributed by atoms with Gasteiger partial charge in [0.1, 0.15) is 23.3 Å². The van der Waals surface area contributed by atoms with E-state index >= 15 is 0 Å². The first-order chi connectivity index (χ1) is 13.7. The maximum Gasteiger partial charge on any atom is 0.150 e. The van der Waals surface area contributed by atoms with Crippen LogP contribution in [0.25, 0.3) is 11.1 Å². The molecular weight excluding hydrogens is 357 g/mol. The Balaban J connectivity index is 1.64. The fourth-order valence-electron chi connectivity index (χ4n) is 2.80. The highest BCUT2D eigenvalue weighted by molar-refractivity contribution is 5.70. The van der Waals surface area contributed by atoms with Crippen molar-refractivity contribution >= 4 is 17.5 Å². The quantitative estimate of drug-likeness (QED) is 0.465. The highest BCUT2D eigenvalue weighted by Gasteiger charge is 2.11. The van der Waals surface area contributed by atoms with Gasteiger partial charge in [-0.05, 0) is 42.3 Å². The zero-order valence-corrected chi connectivity index (χ0v) is 15.1. The van der Waals surface area contributed by atoms with Crippen LogP contribution in [-0.4, -0.2) is 25.1 Å². The Morgan fingerprint density at radius 2 is 1.79 bits per heavy atom. The molecule has 0 saturated carbocycles. The highest BCUT2D eigenvalue weighted by atomic mass is 19.1. The van der Waals surface area contributed by atoms with Crippen LogP contribution in [0.15, 0.2) is 67.4 Å². The van der Waals surface area contributed by atoms with Gasteiger partial charge in [-0.15, -0.1) is 0 Å². The molecule has 7 nitrogen and oxygen atoms in total. The number of pyridine rings is 1. The van der Waals surface area contributed by atoms with E-state index in [4.69, 9.17) is 0 Å². The number of rotatable bonds is 6. The lowest BCUT2D eigenvalue weighted by Gasteiger charge is -2.17. The lowest BCUT2D eigenvalue weighted by Crippen LogP contribution is -2.09. The molecule has 28 heavy (non-hydrogen) atoms. The van der Waals surface area contributed by atoms with Gasteiger partial charge in [-0.25, -0.2) is 14.4 Å². The Hall–Kier alpha value is -3.81. The molecule has 1 aromatic carbocycles. The molecule has 0 bridgehead atoms. The van der Waals surface area contributed by atoms with Crippen LogP contribution in [0.2, 0.25) is 0 Å². The van der Waals surface area contributed by atoms with Gasteiger partial charge in [0.2, 0.25) is 0 Å². The van der Waals surface area contributed by atoms with Crippen molar-refractivity contribution in [1.29, 1.82) is 0 Å². The van der Waals surface area contributed by atoms with E-state index in [1.54, 1.807) is 36.9 Å². The Bertz CT molecular complexity index is 1030. The van der Waals surface area contributed by atoms with Crippen molar-refractivity contribution in [3.8, 4) is 11.1 Å². The van der Waals surface area contributed by atoms with Gasteiger partial charge in [0.25, 0.3) is 0 Å². The summed E-state index contributed by atoms with van der Waals surface area (Å²) in [7, 11) is 0. The van der Waals surface area contributed by atoms with E-state index in [1.165, 1.54) is 12.1 Å². The minimum Gasteiger partial charge on any atom is -0.363 e. The Morgan fingerprint density at radius 3 is 2.50 bits per heavy atom. The summed E-state index contributed by atoms with van der Waals surface area (Å²) >= 11 is 0. The third kappa shape index (κ3) is 4.12. The maximum atomic E-state index is 13.2. The molecule has 0 aliphatic heterocycles. The first kappa shape index (κ1) is 17.6. The average Bonchev–Trinajstić information content (AvgIpc) is 3.24. The smallest absolute Gasteiger partial charge is 0.150 e. The van der Waals surface area contributed by atoms with E-state index in [0.29, 0.717) is 17.5 Å². The van der Waals surface area contributed by atoms with Crippen molar-refractivity contribution in [2.75, 3.05) is 10.6 Å². The standard InChI is InChI=1S/C20H18FN7/c1-13(14-2-4-17(21)5-3-14)26-18-8-15(16-10-24-25-11-16)9-19(27-18)28-20-12-22-6-7-23-20/h2-13H,1H3,(H,24,25)(H2,23,26,27,28)/t13-/m0/s1. The van der Waals surface area contributed by atoms with Crippen LogP contribution in [0, 0.1) is 5.82 Å². The third-order valence-corrected chi connectivity index (χ3v) is 4.21. The van der Waals surface area contributed by atoms with Gasteiger partial charge in [0, 0.05) is 30.2 Å². The molecular formula is C20H18FN7. The van der Waals surface area contributed by atoms with Crippen molar-refractivity contribution in [1.82, 2.24) is 25.1 Å². The molecule has 0 unspecified atom stereocenters. The second-order valence-corrected chi connectivity index (χ2v) is 6.25. The molecule has 0 radical (unpaired) electrons. The number of aromatic nitrogens is 5. The fourth-order valence-corrected chi connectivity index (χ4v) is 2.80. The monoisotopic (exact) mass is 375 g/mol. The van der Waals surface area contributed by atoms with Crippen molar-refractivity contribution in [2.45, 2.75) is 13.0 Å². The lowest BCUT2D eigenvalue weighted by atomic mass is 10.1. The van der Waals surface area contributed by atoms with Crippen LogP contribution >= 0.6 is 0 Å². The number of nitrogens with one attached hydrogen (secondary N) is 3. The maximum absolute atomic E-state index is 13.2. The largest absolute Gasteiger partial charge is 0.363 e. The van der Waals surface area contributed by atoms with Gasteiger partial charge in [-0.1, -0.05) is 12.1 Å². The predicted molar refractivity (Wildman–Crippen MR) is 106 cm³/mol. The molecule has 3 heterocycles. The predicted octanol–water partition coefficient (Wildman–Crippen LogP) is 4.32. The average molecular weight is 375 g/mol. The number of H-pyrrole nitrogens is 1. The van der Waals surface area contributed by atoms with Crippen LogP contribution in [0.3, 0.4) is 0 Å². The molecule has 3 aromatic heterocycles. The molecule has 0 aliphatic carbocycles. The number of aromatic amines is 1. The van der Waals surface area contributed by atoms with Crippen LogP contribution in [0.5, 0.6) is 0 Å².